The molecule has 1 saturated heterocycles. The van der Waals surface area contributed by atoms with Crippen LogP contribution in [0.15, 0.2) is 47.4 Å². The van der Waals surface area contributed by atoms with Gasteiger partial charge in [0.1, 0.15) is 16.5 Å². The van der Waals surface area contributed by atoms with Crippen molar-refractivity contribution in [3.63, 3.8) is 0 Å². The Morgan fingerprint density at radius 1 is 1.22 bits per heavy atom. The average Bonchev–Trinajstić information content (AvgIpc) is 3.20. The molecule has 4 rings (SSSR count). The van der Waals surface area contributed by atoms with Crippen LogP contribution >= 0.6 is 0 Å². The minimum Gasteiger partial charge on any atom is -0.342 e. The molecule has 0 aliphatic carbocycles. The third kappa shape index (κ3) is 4.68. The number of halogens is 1. The summed E-state index contributed by atoms with van der Waals surface area (Å²) in [6, 6.07) is 10.9. The number of sulfonamides is 1. The first kappa shape index (κ1) is 22.4. The minimum atomic E-state index is -3.91. The lowest BCUT2D eigenvalue weighted by atomic mass is 9.97. The van der Waals surface area contributed by atoms with Gasteiger partial charge in [0, 0.05) is 31.1 Å². The fraction of sp³-hybridized carbons (Fsp3) is 0.391. The van der Waals surface area contributed by atoms with Gasteiger partial charge in [-0.05, 0) is 49.6 Å². The molecule has 0 unspecified atom stereocenters. The maximum atomic E-state index is 14.0. The molecule has 0 radical (unpaired) electrons. The zero-order valence-electron chi connectivity index (χ0n) is 18.0. The number of benzene rings is 2. The van der Waals surface area contributed by atoms with Crippen molar-refractivity contribution < 1.29 is 17.6 Å². The van der Waals surface area contributed by atoms with Gasteiger partial charge in [0.05, 0.1) is 11.0 Å². The summed E-state index contributed by atoms with van der Waals surface area (Å²) in [4.78, 5) is 20.3. The van der Waals surface area contributed by atoms with Crippen LogP contribution in [-0.4, -0.2) is 41.7 Å². The van der Waals surface area contributed by atoms with Gasteiger partial charge >= 0.3 is 0 Å². The fourth-order valence-corrected chi connectivity index (χ4v) is 5.53. The van der Waals surface area contributed by atoms with Gasteiger partial charge in [-0.3, -0.25) is 4.79 Å². The van der Waals surface area contributed by atoms with E-state index in [-0.39, 0.29) is 29.8 Å². The quantitative estimate of drug-likeness (QED) is 0.558. The molecule has 170 valence electrons. The first-order valence-electron chi connectivity index (χ1n) is 10.9. The third-order valence-electron chi connectivity index (χ3n) is 5.84. The largest absolute Gasteiger partial charge is 0.342 e. The normalized spacial score (nSPS) is 15.8. The Hall–Kier alpha value is -2.78. The molecule has 32 heavy (non-hydrogen) atoms. The Balaban J connectivity index is 1.38. The SMILES string of the molecule is CCCCc1nc2ccc(NC(=O)C3CCN(S(=O)(=O)c4ccccc4F)CC3)cc2[nH]1. The van der Waals surface area contributed by atoms with Crippen molar-refractivity contribution in [3.8, 4) is 0 Å². The molecule has 1 aliphatic rings. The molecule has 9 heteroatoms. The lowest BCUT2D eigenvalue weighted by molar-refractivity contribution is -0.120. The number of anilines is 1. The highest BCUT2D eigenvalue weighted by Gasteiger charge is 2.33. The minimum absolute atomic E-state index is 0.141. The van der Waals surface area contributed by atoms with Crippen LogP contribution in [0.1, 0.15) is 38.4 Å². The third-order valence-corrected chi connectivity index (χ3v) is 7.78. The van der Waals surface area contributed by atoms with Crippen LogP contribution in [-0.2, 0) is 21.2 Å². The zero-order chi connectivity index (χ0) is 22.7. The maximum Gasteiger partial charge on any atom is 0.245 e. The molecule has 0 saturated carbocycles. The molecule has 2 N–H and O–H groups in total. The second-order valence-electron chi connectivity index (χ2n) is 8.12. The number of nitrogens with zero attached hydrogens (tertiary/aromatic N) is 2. The number of aromatic nitrogens is 2. The van der Waals surface area contributed by atoms with E-state index in [1.54, 1.807) is 0 Å². The van der Waals surface area contributed by atoms with Gasteiger partial charge < -0.3 is 10.3 Å². The molecule has 1 aromatic heterocycles. The standard InChI is InChI=1S/C23H27FN4O3S/c1-2-3-8-22-26-19-10-9-17(15-20(19)27-22)25-23(29)16-11-13-28(14-12-16)32(30,31)21-7-5-4-6-18(21)24/h4-7,9-10,15-16H,2-3,8,11-14H2,1H3,(H,25,29)(H,26,27). The highest BCUT2D eigenvalue weighted by atomic mass is 32.2. The molecule has 2 heterocycles. The number of unbranched alkanes of at least 4 members (excludes halogenated alkanes) is 1. The smallest absolute Gasteiger partial charge is 0.245 e. The molecular weight excluding hydrogens is 431 g/mol. The Kier molecular flexibility index (Phi) is 6.57. The molecule has 0 bridgehead atoms. The summed E-state index contributed by atoms with van der Waals surface area (Å²) in [7, 11) is -3.91. The van der Waals surface area contributed by atoms with E-state index in [1.807, 2.05) is 18.2 Å². The molecule has 1 amide bonds. The van der Waals surface area contributed by atoms with Crippen LogP contribution in [0.2, 0.25) is 0 Å². The number of aryl methyl sites for hydroxylation is 1. The van der Waals surface area contributed by atoms with E-state index in [2.05, 4.69) is 22.2 Å². The Bertz CT molecular complexity index is 1220. The first-order chi connectivity index (χ1) is 15.4. The molecule has 7 nitrogen and oxygen atoms in total. The summed E-state index contributed by atoms with van der Waals surface area (Å²) in [6.07, 6.45) is 3.81. The topological polar surface area (TPSA) is 95.2 Å². The molecule has 0 atom stereocenters. The highest BCUT2D eigenvalue weighted by Crippen LogP contribution is 2.26. The van der Waals surface area contributed by atoms with E-state index in [1.165, 1.54) is 22.5 Å². The number of carbonyl (C=O) groups excluding carboxylic acids is 1. The van der Waals surface area contributed by atoms with E-state index < -0.39 is 15.8 Å². The van der Waals surface area contributed by atoms with Crippen LogP contribution in [0, 0.1) is 11.7 Å². The first-order valence-corrected chi connectivity index (χ1v) is 12.4. The average molecular weight is 459 g/mol. The number of H-pyrrole nitrogens is 1. The molecular formula is C23H27FN4O3S. The number of imidazole rings is 1. The van der Waals surface area contributed by atoms with E-state index >= 15 is 0 Å². The van der Waals surface area contributed by atoms with Gasteiger partial charge in [0.2, 0.25) is 15.9 Å². The van der Waals surface area contributed by atoms with Gasteiger partial charge in [-0.2, -0.15) is 4.31 Å². The van der Waals surface area contributed by atoms with Crippen molar-refractivity contribution in [2.75, 3.05) is 18.4 Å². The second kappa shape index (κ2) is 9.38. The van der Waals surface area contributed by atoms with E-state index in [4.69, 9.17) is 0 Å². The summed E-state index contributed by atoms with van der Waals surface area (Å²) in [6.45, 7) is 2.49. The number of piperidine rings is 1. The summed E-state index contributed by atoms with van der Waals surface area (Å²) in [5.74, 6) is -0.272. The zero-order valence-corrected chi connectivity index (χ0v) is 18.8. The van der Waals surface area contributed by atoms with E-state index in [0.29, 0.717) is 18.5 Å². The van der Waals surface area contributed by atoms with Crippen molar-refractivity contribution in [1.82, 2.24) is 14.3 Å². The van der Waals surface area contributed by atoms with Crippen molar-refractivity contribution in [1.29, 1.82) is 0 Å². The van der Waals surface area contributed by atoms with Gasteiger partial charge in [-0.1, -0.05) is 25.5 Å². The monoisotopic (exact) mass is 458 g/mol. The Labute approximate surface area is 187 Å². The van der Waals surface area contributed by atoms with Gasteiger partial charge in [0.25, 0.3) is 0 Å². The van der Waals surface area contributed by atoms with Crippen LogP contribution in [0.4, 0.5) is 10.1 Å². The summed E-state index contributed by atoms with van der Waals surface area (Å²) in [5, 5.41) is 2.94. The van der Waals surface area contributed by atoms with Crippen molar-refractivity contribution >= 4 is 32.7 Å². The van der Waals surface area contributed by atoms with Crippen LogP contribution in [0.25, 0.3) is 11.0 Å². The molecule has 0 spiro atoms. The van der Waals surface area contributed by atoms with Crippen molar-refractivity contribution in [2.24, 2.45) is 5.92 Å². The number of aromatic amines is 1. The van der Waals surface area contributed by atoms with Crippen LogP contribution < -0.4 is 5.32 Å². The lowest BCUT2D eigenvalue weighted by Gasteiger charge is -2.30. The Morgan fingerprint density at radius 2 is 1.97 bits per heavy atom. The fourth-order valence-electron chi connectivity index (χ4n) is 4.00. The summed E-state index contributed by atoms with van der Waals surface area (Å²) >= 11 is 0. The highest BCUT2D eigenvalue weighted by molar-refractivity contribution is 7.89. The van der Waals surface area contributed by atoms with Crippen molar-refractivity contribution in [3.05, 3.63) is 54.1 Å². The number of carbonyl (C=O) groups is 1. The molecule has 1 aliphatic heterocycles. The molecule has 3 aromatic rings. The molecule has 2 aromatic carbocycles. The van der Waals surface area contributed by atoms with Gasteiger partial charge in [-0.15, -0.1) is 0 Å². The number of hydrogen-bond acceptors (Lipinski definition) is 4. The lowest BCUT2D eigenvalue weighted by Crippen LogP contribution is -2.41. The van der Waals surface area contributed by atoms with Gasteiger partial charge in [0.15, 0.2) is 0 Å². The predicted octanol–water partition coefficient (Wildman–Crippen LogP) is 4.08. The van der Waals surface area contributed by atoms with Crippen LogP contribution in [0.3, 0.4) is 0 Å². The number of nitrogens with one attached hydrogen (secondary N) is 2. The number of fused-ring (bicyclic) bond motifs is 1. The summed E-state index contributed by atoms with van der Waals surface area (Å²) in [5.41, 5.74) is 2.41. The Morgan fingerprint density at radius 3 is 2.69 bits per heavy atom. The second-order valence-corrected chi connectivity index (χ2v) is 10.0. The van der Waals surface area contributed by atoms with E-state index in [0.717, 1.165) is 42.2 Å². The van der Waals surface area contributed by atoms with Crippen LogP contribution in [0.5, 0.6) is 0 Å². The summed E-state index contributed by atoms with van der Waals surface area (Å²) < 4.78 is 40.7. The predicted molar refractivity (Wildman–Crippen MR) is 121 cm³/mol. The molecule has 1 fully saturated rings. The van der Waals surface area contributed by atoms with E-state index in [9.17, 15) is 17.6 Å². The number of amides is 1. The number of hydrogen-bond donors (Lipinski definition) is 2. The maximum absolute atomic E-state index is 14.0. The van der Waals surface area contributed by atoms with Crippen molar-refractivity contribution in [2.45, 2.75) is 43.9 Å². The van der Waals surface area contributed by atoms with Gasteiger partial charge in [-0.25, -0.2) is 17.8 Å². The number of rotatable bonds is 7.